The summed E-state index contributed by atoms with van der Waals surface area (Å²) in [4.78, 5) is 38.7. The largest absolute Gasteiger partial charge is 0.325 e. The highest BCUT2D eigenvalue weighted by atomic mass is 19.2. The van der Waals surface area contributed by atoms with E-state index in [2.05, 4.69) is 10.6 Å². The van der Waals surface area contributed by atoms with Crippen molar-refractivity contribution in [1.29, 1.82) is 0 Å². The molecule has 8 heteroatoms. The van der Waals surface area contributed by atoms with Gasteiger partial charge < -0.3 is 10.6 Å². The number of amides is 4. The van der Waals surface area contributed by atoms with Crippen molar-refractivity contribution < 1.29 is 23.2 Å². The summed E-state index contributed by atoms with van der Waals surface area (Å²) in [5.74, 6) is -3.31. The van der Waals surface area contributed by atoms with Crippen LogP contribution in [0.2, 0.25) is 0 Å². The Kier molecular flexibility index (Phi) is 4.33. The second-order valence-electron chi connectivity index (χ2n) is 6.91. The summed E-state index contributed by atoms with van der Waals surface area (Å²) in [5.41, 5.74) is 0.626. The summed E-state index contributed by atoms with van der Waals surface area (Å²) in [6, 6.07) is 9.69. The Morgan fingerprint density at radius 2 is 1.93 bits per heavy atom. The molecule has 0 radical (unpaired) electrons. The fourth-order valence-corrected chi connectivity index (χ4v) is 3.87. The molecule has 2 aromatic carbocycles. The number of carbonyl (C=O) groups is 3. The van der Waals surface area contributed by atoms with Crippen molar-refractivity contribution in [1.82, 2.24) is 10.2 Å². The van der Waals surface area contributed by atoms with Crippen LogP contribution in [0.25, 0.3) is 0 Å². The minimum absolute atomic E-state index is 0.0358. The highest BCUT2D eigenvalue weighted by molar-refractivity contribution is 6.10. The molecule has 0 unspecified atom stereocenters. The summed E-state index contributed by atoms with van der Waals surface area (Å²) in [6.07, 6.45) is 2.01. The molecule has 28 heavy (non-hydrogen) atoms. The van der Waals surface area contributed by atoms with E-state index in [1.54, 1.807) is 0 Å². The minimum Gasteiger partial charge on any atom is -0.324 e. The molecular weight excluding hydrogens is 368 g/mol. The van der Waals surface area contributed by atoms with Gasteiger partial charge in [-0.05, 0) is 42.5 Å². The quantitative estimate of drug-likeness (QED) is 0.798. The van der Waals surface area contributed by atoms with E-state index in [0.717, 1.165) is 41.0 Å². The summed E-state index contributed by atoms with van der Waals surface area (Å²) < 4.78 is 26.3. The van der Waals surface area contributed by atoms with Crippen LogP contribution in [0.15, 0.2) is 42.5 Å². The molecule has 1 aliphatic heterocycles. The van der Waals surface area contributed by atoms with Crippen molar-refractivity contribution in [2.24, 2.45) is 0 Å². The number of urea groups is 1. The number of hydrogen-bond donors (Lipinski definition) is 2. The Bertz CT molecular complexity index is 994. The Hall–Kier alpha value is -3.29. The normalized spacial score (nSPS) is 20.9. The molecule has 0 bridgehead atoms. The lowest BCUT2D eigenvalue weighted by molar-refractivity contribution is -0.134. The first-order valence-corrected chi connectivity index (χ1v) is 8.88. The molecule has 0 saturated carbocycles. The molecule has 6 nitrogen and oxygen atoms in total. The SMILES string of the molecule is O=C(CN1C(=O)N[C@]2(CCCc3ccccc32)C1=O)Nc1ccc(F)c(F)c1. The summed E-state index contributed by atoms with van der Waals surface area (Å²) in [5, 5.41) is 5.13. The smallest absolute Gasteiger partial charge is 0.324 e. The van der Waals surface area contributed by atoms with Crippen molar-refractivity contribution >= 4 is 23.5 Å². The fourth-order valence-electron chi connectivity index (χ4n) is 3.87. The van der Waals surface area contributed by atoms with Crippen LogP contribution in [0, 0.1) is 11.6 Å². The van der Waals surface area contributed by atoms with Crippen LogP contribution in [-0.2, 0) is 21.5 Å². The van der Waals surface area contributed by atoms with Gasteiger partial charge in [-0.25, -0.2) is 13.6 Å². The van der Waals surface area contributed by atoms with Crippen LogP contribution < -0.4 is 10.6 Å². The van der Waals surface area contributed by atoms with E-state index in [9.17, 15) is 23.2 Å². The van der Waals surface area contributed by atoms with E-state index in [1.807, 2.05) is 24.3 Å². The topological polar surface area (TPSA) is 78.5 Å². The van der Waals surface area contributed by atoms with Crippen molar-refractivity contribution in [3.8, 4) is 0 Å². The molecule has 144 valence electrons. The predicted octanol–water partition coefficient (Wildman–Crippen LogP) is 2.69. The minimum atomic E-state index is -1.16. The lowest BCUT2D eigenvalue weighted by Crippen LogP contribution is -2.47. The first kappa shape index (κ1) is 18.1. The van der Waals surface area contributed by atoms with E-state index >= 15 is 0 Å². The maximum atomic E-state index is 13.3. The van der Waals surface area contributed by atoms with Gasteiger partial charge in [0, 0.05) is 11.8 Å². The monoisotopic (exact) mass is 385 g/mol. The molecule has 1 heterocycles. The van der Waals surface area contributed by atoms with Gasteiger partial charge in [-0.1, -0.05) is 24.3 Å². The molecule has 0 aromatic heterocycles. The van der Waals surface area contributed by atoms with Crippen LogP contribution in [0.5, 0.6) is 0 Å². The third-order valence-electron chi connectivity index (χ3n) is 5.16. The maximum absolute atomic E-state index is 13.3. The number of halogens is 2. The molecule has 1 aliphatic carbocycles. The molecule has 4 amide bonds. The lowest BCUT2D eigenvalue weighted by atomic mass is 9.76. The Morgan fingerprint density at radius 1 is 1.14 bits per heavy atom. The Labute approximate surface area is 159 Å². The number of nitrogens with one attached hydrogen (secondary N) is 2. The number of fused-ring (bicyclic) bond motifs is 2. The average molecular weight is 385 g/mol. The Morgan fingerprint density at radius 3 is 2.71 bits per heavy atom. The van der Waals surface area contributed by atoms with E-state index in [1.165, 1.54) is 6.07 Å². The van der Waals surface area contributed by atoms with Crippen molar-refractivity contribution in [3.63, 3.8) is 0 Å². The molecule has 4 rings (SSSR count). The van der Waals surface area contributed by atoms with Crippen LogP contribution >= 0.6 is 0 Å². The molecular formula is C20H17F2N3O3. The van der Waals surface area contributed by atoms with Gasteiger partial charge in [0.2, 0.25) is 5.91 Å². The zero-order chi connectivity index (χ0) is 19.9. The van der Waals surface area contributed by atoms with Crippen molar-refractivity contribution in [3.05, 3.63) is 65.2 Å². The average Bonchev–Trinajstić information content (AvgIpc) is 2.90. The number of hydrogen-bond acceptors (Lipinski definition) is 3. The van der Waals surface area contributed by atoms with Gasteiger partial charge in [0.25, 0.3) is 5.91 Å². The van der Waals surface area contributed by atoms with E-state index in [0.29, 0.717) is 6.42 Å². The van der Waals surface area contributed by atoms with Crippen LogP contribution in [0.1, 0.15) is 24.0 Å². The van der Waals surface area contributed by atoms with Gasteiger partial charge in [0.15, 0.2) is 11.6 Å². The fraction of sp³-hybridized carbons (Fsp3) is 0.250. The van der Waals surface area contributed by atoms with Crippen LogP contribution in [0.4, 0.5) is 19.3 Å². The van der Waals surface area contributed by atoms with Crippen LogP contribution in [-0.4, -0.2) is 29.3 Å². The first-order chi connectivity index (χ1) is 13.4. The zero-order valence-electron chi connectivity index (χ0n) is 14.8. The van der Waals surface area contributed by atoms with Gasteiger partial charge >= 0.3 is 6.03 Å². The highest BCUT2D eigenvalue weighted by Crippen LogP contribution is 2.39. The number of imide groups is 1. The number of rotatable bonds is 3. The van der Waals surface area contributed by atoms with Crippen molar-refractivity contribution in [2.75, 3.05) is 11.9 Å². The summed E-state index contributed by atoms with van der Waals surface area (Å²) >= 11 is 0. The number of aryl methyl sites for hydroxylation is 1. The number of carbonyl (C=O) groups excluding carboxylic acids is 3. The van der Waals surface area contributed by atoms with Gasteiger partial charge in [0.05, 0.1) is 0 Å². The molecule has 1 atom stereocenters. The molecule has 2 aliphatic rings. The first-order valence-electron chi connectivity index (χ1n) is 8.88. The number of anilines is 1. The van der Waals surface area contributed by atoms with Gasteiger partial charge in [0.1, 0.15) is 12.1 Å². The molecule has 2 N–H and O–H groups in total. The Balaban J connectivity index is 1.54. The standard InChI is InChI=1S/C20H17F2N3O3/c21-15-8-7-13(10-16(15)22)23-17(26)11-25-18(27)20(24-19(25)28)9-3-5-12-4-1-2-6-14(12)20/h1-2,4,6-8,10H,3,5,9,11H2,(H,23,26)(H,24,28)/t20-/m0/s1. The highest BCUT2D eigenvalue weighted by Gasteiger charge is 2.54. The summed E-state index contributed by atoms with van der Waals surface area (Å²) in [6.45, 7) is -0.520. The second kappa shape index (κ2) is 6.70. The molecule has 2 aromatic rings. The van der Waals surface area contributed by atoms with Gasteiger partial charge in [-0.2, -0.15) is 0 Å². The third kappa shape index (κ3) is 2.90. The molecule has 1 fully saturated rings. The predicted molar refractivity (Wildman–Crippen MR) is 96.3 cm³/mol. The number of nitrogens with zero attached hydrogens (tertiary/aromatic N) is 1. The van der Waals surface area contributed by atoms with Gasteiger partial charge in [-0.3, -0.25) is 14.5 Å². The van der Waals surface area contributed by atoms with E-state index in [4.69, 9.17) is 0 Å². The van der Waals surface area contributed by atoms with E-state index < -0.39 is 41.6 Å². The summed E-state index contributed by atoms with van der Waals surface area (Å²) in [7, 11) is 0. The third-order valence-corrected chi connectivity index (χ3v) is 5.16. The molecule has 1 saturated heterocycles. The zero-order valence-corrected chi connectivity index (χ0v) is 14.8. The molecule has 1 spiro atoms. The second-order valence-corrected chi connectivity index (χ2v) is 6.91. The van der Waals surface area contributed by atoms with Crippen LogP contribution in [0.3, 0.4) is 0 Å². The number of benzene rings is 2. The van der Waals surface area contributed by atoms with Gasteiger partial charge in [-0.15, -0.1) is 0 Å². The maximum Gasteiger partial charge on any atom is 0.325 e. The van der Waals surface area contributed by atoms with Crippen molar-refractivity contribution in [2.45, 2.75) is 24.8 Å². The lowest BCUT2D eigenvalue weighted by Gasteiger charge is -2.33. The van der Waals surface area contributed by atoms with E-state index in [-0.39, 0.29) is 5.69 Å².